The fourth-order valence-electron chi connectivity index (χ4n) is 2.49. The van der Waals surface area contributed by atoms with E-state index in [0.29, 0.717) is 20.4 Å². The maximum absolute atomic E-state index is 11.1. The standard InChI is InChI=1S/C14H13BrClNO7/c15-4-1-2-5-7(8(4)16)6(3-17-5)23-14-11(20)9(18)10(19)12(24-14)13(21)22/h1-3,9-12,14,17-20H,(H,21,22). The molecule has 130 valence electrons. The molecule has 0 spiro atoms. The quantitative estimate of drug-likeness (QED) is 0.495. The molecule has 1 fully saturated rings. The summed E-state index contributed by atoms with van der Waals surface area (Å²) < 4.78 is 11.2. The predicted octanol–water partition coefficient (Wildman–Crippen LogP) is 0.855. The number of aromatic amines is 1. The Labute approximate surface area is 148 Å². The number of carboxylic acid groups (broad SMARTS) is 1. The van der Waals surface area contributed by atoms with Gasteiger partial charge in [0.2, 0.25) is 6.29 Å². The molecule has 2 heterocycles. The molecule has 10 heteroatoms. The number of ether oxygens (including phenoxy) is 2. The van der Waals surface area contributed by atoms with Gasteiger partial charge in [0.15, 0.2) is 6.10 Å². The first-order valence-corrected chi connectivity index (χ1v) is 8.02. The number of rotatable bonds is 3. The fourth-order valence-corrected chi connectivity index (χ4v) is 3.08. The monoisotopic (exact) mass is 421 g/mol. The molecular weight excluding hydrogens is 410 g/mol. The van der Waals surface area contributed by atoms with E-state index < -0.39 is 36.7 Å². The number of fused-ring (bicyclic) bond motifs is 1. The largest absolute Gasteiger partial charge is 0.479 e. The Kier molecular flexibility index (Phi) is 4.73. The number of benzene rings is 1. The highest BCUT2D eigenvalue weighted by molar-refractivity contribution is 9.10. The molecule has 1 aromatic heterocycles. The Morgan fingerprint density at radius 3 is 2.62 bits per heavy atom. The van der Waals surface area contributed by atoms with Crippen molar-refractivity contribution in [1.29, 1.82) is 0 Å². The normalized spacial score (nSPS) is 30.5. The van der Waals surface area contributed by atoms with E-state index in [1.807, 2.05) is 0 Å². The Bertz CT molecular complexity index is 782. The highest BCUT2D eigenvalue weighted by Gasteiger charge is 2.48. The predicted molar refractivity (Wildman–Crippen MR) is 86.0 cm³/mol. The number of carboxylic acids is 1. The number of aliphatic carboxylic acids is 1. The third kappa shape index (κ3) is 2.87. The summed E-state index contributed by atoms with van der Waals surface area (Å²) >= 11 is 9.51. The fraction of sp³-hybridized carbons (Fsp3) is 0.357. The Morgan fingerprint density at radius 1 is 1.25 bits per heavy atom. The van der Waals surface area contributed by atoms with Crippen molar-refractivity contribution in [2.45, 2.75) is 30.7 Å². The third-order valence-corrected chi connectivity index (χ3v) is 5.04. The molecule has 1 aromatic carbocycles. The summed E-state index contributed by atoms with van der Waals surface area (Å²) in [6.07, 6.45) is -6.94. The zero-order valence-electron chi connectivity index (χ0n) is 11.9. The molecule has 0 radical (unpaired) electrons. The van der Waals surface area contributed by atoms with E-state index in [1.54, 1.807) is 12.1 Å². The summed E-state index contributed by atoms with van der Waals surface area (Å²) in [6.45, 7) is 0. The zero-order valence-corrected chi connectivity index (χ0v) is 14.2. The van der Waals surface area contributed by atoms with Crippen LogP contribution < -0.4 is 4.74 Å². The van der Waals surface area contributed by atoms with Crippen molar-refractivity contribution < 1.29 is 34.7 Å². The van der Waals surface area contributed by atoms with Crippen molar-refractivity contribution in [2.75, 3.05) is 0 Å². The van der Waals surface area contributed by atoms with Crippen molar-refractivity contribution in [3.05, 3.63) is 27.8 Å². The van der Waals surface area contributed by atoms with Gasteiger partial charge in [0.25, 0.3) is 0 Å². The van der Waals surface area contributed by atoms with Crippen molar-refractivity contribution >= 4 is 44.4 Å². The summed E-state index contributed by atoms with van der Waals surface area (Å²) in [4.78, 5) is 14.0. The van der Waals surface area contributed by atoms with Crippen LogP contribution in [0.1, 0.15) is 0 Å². The molecule has 1 saturated heterocycles. The zero-order chi connectivity index (χ0) is 17.6. The number of hydrogen-bond acceptors (Lipinski definition) is 6. The van der Waals surface area contributed by atoms with Gasteiger partial charge in [-0.15, -0.1) is 0 Å². The first kappa shape index (κ1) is 17.5. The van der Waals surface area contributed by atoms with E-state index in [-0.39, 0.29) is 5.75 Å². The van der Waals surface area contributed by atoms with Crippen LogP contribution in [-0.2, 0) is 9.53 Å². The van der Waals surface area contributed by atoms with Gasteiger partial charge in [0, 0.05) is 10.7 Å². The van der Waals surface area contributed by atoms with E-state index in [9.17, 15) is 20.1 Å². The summed E-state index contributed by atoms with van der Waals surface area (Å²) in [6, 6.07) is 3.48. The molecule has 1 aliphatic rings. The van der Waals surface area contributed by atoms with Crippen LogP contribution in [0, 0.1) is 0 Å². The molecule has 0 amide bonds. The lowest BCUT2D eigenvalue weighted by atomic mass is 9.99. The number of aliphatic hydroxyl groups is 3. The van der Waals surface area contributed by atoms with E-state index >= 15 is 0 Å². The molecule has 0 aliphatic carbocycles. The first-order chi connectivity index (χ1) is 11.3. The third-order valence-electron chi connectivity index (χ3n) is 3.76. The molecule has 5 N–H and O–H groups in total. The van der Waals surface area contributed by atoms with Crippen LogP contribution in [0.5, 0.6) is 5.75 Å². The maximum Gasteiger partial charge on any atom is 0.335 e. The first-order valence-electron chi connectivity index (χ1n) is 6.85. The maximum atomic E-state index is 11.1. The molecule has 3 rings (SSSR count). The molecule has 5 atom stereocenters. The van der Waals surface area contributed by atoms with Gasteiger partial charge < -0.3 is 34.9 Å². The van der Waals surface area contributed by atoms with Gasteiger partial charge in [-0.3, -0.25) is 0 Å². The average Bonchev–Trinajstić information content (AvgIpc) is 2.94. The van der Waals surface area contributed by atoms with Crippen molar-refractivity contribution in [2.24, 2.45) is 0 Å². The summed E-state index contributed by atoms with van der Waals surface area (Å²) in [5.74, 6) is -1.28. The Balaban J connectivity index is 1.93. The summed E-state index contributed by atoms with van der Waals surface area (Å²) in [7, 11) is 0. The number of H-pyrrole nitrogens is 1. The van der Waals surface area contributed by atoms with Gasteiger partial charge in [0.05, 0.1) is 15.9 Å². The SMILES string of the molecule is O=C(O)C1OC(Oc2c[nH]c3ccc(Br)c(Cl)c23)C(O)C(O)C1O. The minimum atomic E-state index is -1.78. The molecular formula is C14H13BrClNO7. The Hall–Kier alpha value is -1.36. The molecule has 0 saturated carbocycles. The Morgan fingerprint density at radius 2 is 1.96 bits per heavy atom. The highest BCUT2D eigenvalue weighted by Crippen LogP contribution is 2.38. The topological polar surface area (TPSA) is 132 Å². The van der Waals surface area contributed by atoms with E-state index in [4.69, 9.17) is 26.2 Å². The lowest BCUT2D eigenvalue weighted by Crippen LogP contribution is -2.61. The van der Waals surface area contributed by atoms with Gasteiger partial charge in [-0.25, -0.2) is 4.79 Å². The smallest absolute Gasteiger partial charge is 0.335 e. The van der Waals surface area contributed by atoms with Gasteiger partial charge >= 0.3 is 5.97 Å². The van der Waals surface area contributed by atoms with Crippen LogP contribution >= 0.6 is 27.5 Å². The van der Waals surface area contributed by atoms with Crippen LogP contribution in [0.3, 0.4) is 0 Å². The number of aromatic nitrogens is 1. The molecule has 1 aliphatic heterocycles. The van der Waals surface area contributed by atoms with Crippen molar-refractivity contribution in [3.63, 3.8) is 0 Å². The number of aliphatic hydroxyl groups excluding tert-OH is 3. The summed E-state index contributed by atoms with van der Waals surface area (Å²) in [5, 5.41) is 39.4. The van der Waals surface area contributed by atoms with Crippen LogP contribution in [0.15, 0.2) is 22.8 Å². The summed E-state index contributed by atoms with van der Waals surface area (Å²) in [5.41, 5.74) is 0.652. The number of hydrogen-bond donors (Lipinski definition) is 5. The van der Waals surface area contributed by atoms with Crippen molar-refractivity contribution in [3.8, 4) is 5.75 Å². The van der Waals surface area contributed by atoms with Gasteiger partial charge in [-0.05, 0) is 28.1 Å². The lowest BCUT2D eigenvalue weighted by Gasteiger charge is -2.38. The van der Waals surface area contributed by atoms with E-state index in [1.165, 1.54) is 6.20 Å². The average molecular weight is 423 g/mol. The molecule has 24 heavy (non-hydrogen) atoms. The van der Waals surface area contributed by atoms with Crippen LogP contribution in [-0.4, -0.2) is 62.1 Å². The number of carbonyl (C=O) groups is 1. The minimum absolute atomic E-state index is 0.202. The molecule has 5 unspecified atom stereocenters. The van der Waals surface area contributed by atoms with Gasteiger partial charge in [0.1, 0.15) is 24.1 Å². The van der Waals surface area contributed by atoms with Gasteiger partial charge in [-0.1, -0.05) is 11.6 Å². The second kappa shape index (κ2) is 6.51. The van der Waals surface area contributed by atoms with Gasteiger partial charge in [-0.2, -0.15) is 0 Å². The second-order valence-electron chi connectivity index (χ2n) is 5.29. The molecule has 8 nitrogen and oxygen atoms in total. The highest BCUT2D eigenvalue weighted by atomic mass is 79.9. The number of nitrogens with one attached hydrogen (secondary N) is 1. The minimum Gasteiger partial charge on any atom is -0.479 e. The molecule has 2 aromatic rings. The van der Waals surface area contributed by atoms with Crippen LogP contribution in [0.25, 0.3) is 10.9 Å². The molecule has 0 bridgehead atoms. The second-order valence-corrected chi connectivity index (χ2v) is 6.52. The van der Waals surface area contributed by atoms with E-state index in [0.717, 1.165) is 0 Å². The lowest BCUT2D eigenvalue weighted by molar-refractivity contribution is -0.270. The van der Waals surface area contributed by atoms with Crippen molar-refractivity contribution in [1.82, 2.24) is 4.98 Å². The van der Waals surface area contributed by atoms with Crippen LogP contribution in [0.4, 0.5) is 0 Å². The van der Waals surface area contributed by atoms with E-state index in [2.05, 4.69) is 20.9 Å². The van der Waals surface area contributed by atoms with Crippen LogP contribution in [0.2, 0.25) is 5.02 Å². The number of halogens is 2.